The predicted octanol–water partition coefficient (Wildman–Crippen LogP) is 8.77. The van der Waals surface area contributed by atoms with Gasteiger partial charge in [-0.1, -0.05) is 75.8 Å². The third-order valence-electron chi connectivity index (χ3n) is 8.05. The van der Waals surface area contributed by atoms with E-state index in [1.807, 2.05) is 6.07 Å². The van der Waals surface area contributed by atoms with Gasteiger partial charge in [-0.05, 0) is 84.6 Å². The molecule has 2 fully saturated rings. The Morgan fingerprint density at radius 2 is 1.58 bits per heavy atom. The summed E-state index contributed by atoms with van der Waals surface area (Å²) in [4.78, 5) is 0. The molecule has 0 N–H and O–H groups in total. The molecule has 2 aromatic carbocycles. The number of fused-ring (bicyclic) bond motifs is 1. The molecule has 0 bridgehead atoms. The van der Waals surface area contributed by atoms with E-state index in [4.69, 9.17) is 4.74 Å². The average Bonchev–Trinajstić information content (AvgIpc) is 2.81. The molecule has 168 valence electrons. The van der Waals surface area contributed by atoms with Gasteiger partial charge in [0.1, 0.15) is 0 Å². The zero-order valence-corrected chi connectivity index (χ0v) is 19.4. The first kappa shape index (κ1) is 22.4. The maximum absolute atomic E-state index is 14.1. The summed E-state index contributed by atoms with van der Waals surface area (Å²) in [5.41, 5.74) is 3.45. The van der Waals surface area contributed by atoms with E-state index in [0.717, 1.165) is 28.9 Å². The summed E-state index contributed by atoms with van der Waals surface area (Å²) < 4.78 is 19.1. The lowest BCUT2D eigenvalue weighted by molar-refractivity contribution is 0.113. The van der Waals surface area contributed by atoms with Crippen molar-refractivity contribution in [2.75, 3.05) is 7.11 Å². The molecule has 0 heterocycles. The SMILES string of the molecule is CCCCCCC1CC[C@@H]2C[C@H](c3ccc(-c4ccc(OC)c(F)c4)cc3)CC[C@@H]2C1. The van der Waals surface area contributed by atoms with Gasteiger partial charge in [0, 0.05) is 0 Å². The lowest BCUT2D eigenvalue weighted by Crippen LogP contribution is -2.30. The molecule has 2 aliphatic carbocycles. The fourth-order valence-corrected chi connectivity index (χ4v) is 6.20. The molecular formula is C29H39FO. The van der Waals surface area contributed by atoms with Crippen LogP contribution in [0.3, 0.4) is 0 Å². The molecule has 4 rings (SSSR count). The molecule has 1 unspecified atom stereocenters. The van der Waals surface area contributed by atoms with Gasteiger partial charge in [-0.2, -0.15) is 0 Å². The highest BCUT2D eigenvalue weighted by atomic mass is 19.1. The molecule has 4 atom stereocenters. The maximum Gasteiger partial charge on any atom is 0.165 e. The second kappa shape index (κ2) is 10.7. The third kappa shape index (κ3) is 5.51. The van der Waals surface area contributed by atoms with E-state index in [0.29, 0.717) is 11.7 Å². The number of ether oxygens (including phenoxy) is 1. The molecule has 1 nitrogen and oxygen atoms in total. The molecule has 31 heavy (non-hydrogen) atoms. The molecule has 0 amide bonds. The standard InChI is InChI=1S/C29H39FO/c1-3-4-5-6-7-21-8-9-26-19-25(15-14-24(26)18-21)22-10-12-23(13-11-22)27-16-17-29(31-2)28(30)20-27/h10-13,16-17,20-21,24-26H,3-9,14-15,18-19H2,1-2H3/t21?,24-,25-,26-/m1/s1. The van der Waals surface area contributed by atoms with Gasteiger partial charge in [-0.25, -0.2) is 4.39 Å². The van der Waals surface area contributed by atoms with E-state index in [-0.39, 0.29) is 5.82 Å². The van der Waals surface area contributed by atoms with Crippen LogP contribution < -0.4 is 4.74 Å². The Bertz CT molecular complexity index is 827. The van der Waals surface area contributed by atoms with Crippen molar-refractivity contribution >= 4 is 0 Å². The van der Waals surface area contributed by atoms with Gasteiger partial charge in [0.25, 0.3) is 0 Å². The minimum Gasteiger partial charge on any atom is -0.494 e. The summed E-state index contributed by atoms with van der Waals surface area (Å²) in [6.45, 7) is 2.30. The summed E-state index contributed by atoms with van der Waals surface area (Å²) in [5, 5.41) is 0. The number of halogens is 1. The smallest absolute Gasteiger partial charge is 0.165 e. The highest BCUT2D eigenvalue weighted by Gasteiger charge is 2.35. The number of unbranched alkanes of at least 4 members (excludes halogenated alkanes) is 3. The summed E-state index contributed by atoms with van der Waals surface area (Å²) in [6, 6.07) is 14.1. The monoisotopic (exact) mass is 422 g/mol. The van der Waals surface area contributed by atoms with E-state index in [1.165, 1.54) is 83.3 Å². The first-order valence-corrected chi connectivity index (χ1v) is 12.6. The highest BCUT2D eigenvalue weighted by molar-refractivity contribution is 5.64. The predicted molar refractivity (Wildman–Crippen MR) is 128 cm³/mol. The third-order valence-corrected chi connectivity index (χ3v) is 8.05. The van der Waals surface area contributed by atoms with Crippen LogP contribution in [0, 0.1) is 23.6 Å². The quantitative estimate of drug-likeness (QED) is 0.386. The molecule has 0 saturated heterocycles. The number of hydrogen-bond donors (Lipinski definition) is 0. The lowest BCUT2D eigenvalue weighted by atomic mass is 9.63. The van der Waals surface area contributed by atoms with Gasteiger partial charge >= 0.3 is 0 Å². The van der Waals surface area contributed by atoms with Crippen molar-refractivity contribution in [3.05, 3.63) is 53.8 Å². The second-order valence-corrected chi connectivity index (χ2v) is 10.0. The fourth-order valence-electron chi connectivity index (χ4n) is 6.20. The van der Waals surface area contributed by atoms with Crippen molar-refractivity contribution in [3.63, 3.8) is 0 Å². The van der Waals surface area contributed by atoms with Crippen molar-refractivity contribution in [1.82, 2.24) is 0 Å². The highest BCUT2D eigenvalue weighted by Crippen LogP contribution is 2.48. The molecule has 0 aliphatic heterocycles. The van der Waals surface area contributed by atoms with Crippen molar-refractivity contribution in [3.8, 4) is 16.9 Å². The Hall–Kier alpha value is -1.83. The summed E-state index contributed by atoms with van der Waals surface area (Å²) in [6.07, 6.45) is 15.6. The summed E-state index contributed by atoms with van der Waals surface area (Å²) in [5.74, 6) is 3.60. The Kier molecular flexibility index (Phi) is 7.69. The first-order valence-electron chi connectivity index (χ1n) is 12.6. The topological polar surface area (TPSA) is 9.23 Å². The molecular weight excluding hydrogens is 383 g/mol. The number of benzene rings is 2. The van der Waals surface area contributed by atoms with Crippen LogP contribution in [-0.2, 0) is 0 Å². The lowest BCUT2D eigenvalue weighted by Gasteiger charge is -2.42. The minimum absolute atomic E-state index is 0.299. The van der Waals surface area contributed by atoms with Crippen LogP contribution in [0.1, 0.15) is 89.0 Å². The van der Waals surface area contributed by atoms with E-state index in [9.17, 15) is 4.39 Å². The maximum atomic E-state index is 14.1. The van der Waals surface area contributed by atoms with Crippen molar-refractivity contribution in [2.45, 2.75) is 83.5 Å². The van der Waals surface area contributed by atoms with Crippen molar-refractivity contribution < 1.29 is 9.13 Å². The average molecular weight is 423 g/mol. The van der Waals surface area contributed by atoms with Crippen LogP contribution >= 0.6 is 0 Å². The Labute approximate surface area is 188 Å². The first-order chi connectivity index (χ1) is 15.2. The van der Waals surface area contributed by atoms with Crippen molar-refractivity contribution in [1.29, 1.82) is 0 Å². The molecule has 2 aromatic rings. The molecule has 2 heteroatoms. The Morgan fingerprint density at radius 1 is 0.839 bits per heavy atom. The molecule has 0 spiro atoms. The largest absolute Gasteiger partial charge is 0.494 e. The van der Waals surface area contributed by atoms with Crippen molar-refractivity contribution in [2.24, 2.45) is 17.8 Å². The van der Waals surface area contributed by atoms with Crippen LogP contribution in [0.25, 0.3) is 11.1 Å². The van der Waals surface area contributed by atoms with Gasteiger partial charge in [-0.15, -0.1) is 0 Å². The van der Waals surface area contributed by atoms with Gasteiger partial charge in [-0.3, -0.25) is 0 Å². The molecule has 2 saturated carbocycles. The van der Waals surface area contributed by atoms with Gasteiger partial charge in [0.15, 0.2) is 11.6 Å². The summed E-state index contributed by atoms with van der Waals surface area (Å²) in [7, 11) is 1.50. The Balaban J connectivity index is 1.32. The Morgan fingerprint density at radius 3 is 2.32 bits per heavy atom. The van der Waals surface area contributed by atoms with Gasteiger partial charge < -0.3 is 4.74 Å². The molecule has 2 aliphatic rings. The van der Waals surface area contributed by atoms with E-state index < -0.39 is 0 Å². The van der Waals surface area contributed by atoms with E-state index in [1.54, 1.807) is 12.1 Å². The zero-order chi connectivity index (χ0) is 21.6. The second-order valence-electron chi connectivity index (χ2n) is 10.0. The van der Waals surface area contributed by atoms with E-state index in [2.05, 4.69) is 31.2 Å². The fraction of sp³-hybridized carbons (Fsp3) is 0.586. The van der Waals surface area contributed by atoms with Crippen LogP contribution in [-0.4, -0.2) is 7.11 Å². The van der Waals surface area contributed by atoms with Gasteiger partial charge in [0.2, 0.25) is 0 Å². The van der Waals surface area contributed by atoms with Gasteiger partial charge in [0.05, 0.1) is 7.11 Å². The normalized spacial score (nSPS) is 25.8. The van der Waals surface area contributed by atoms with Crippen LogP contribution in [0.5, 0.6) is 5.75 Å². The van der Waals surface area contributed by atoms with Crippen LogP contribution in [0.4, 0.5) is 4.39 Å². The van der Waals surface area contributed by atoms with Crippen LogP contribution in [0.15, 0.2) is 42.5 Å². The number of methoxy groups -OCH3 is 1. The summed E-state index contributed by atoms with van der Waals surface area (Å²) >= 11 is 0. The zero-order valence-electron chi connectivity index (χ0n) is 19.4. The number of rotatable bonds is 8. The minimum atomic E-state index is -0.302. The molecule has 0 radical (unpaired) electrons. The number of hydrogen-bond acceptors (Lipinski definition) is 1. The van der Waals surface area contributed by atoms with E-state index >= 15 is 0 Å². The van der Waals surface area contributed by atoms with Crippen LogP contribution in [0.2, 0.25) is 0 Å². The molecule has 0 aromatic heterocycles.